The zero-order valence-electron chi connectivity index (χ0n) is 18.0. The summed E-state index contributed by atoms with van der Waals surface area (Å²) in [5.41, 5.74) is 2.88. The van der Waals surface area contributed by atoms with Crippen LogP contribution in [0, 0.1) is 18.3 Å². The van der Waals surface area contributed by atoms with Gasteiger partial charge in [-0.1, -0.05) is 48.0 Å². The van der Waals surface area contributed by atoms with Crippen LogP contribution < -0.4 is 14.2 Å². The minimum atomic E-state index is -0.845. The maximum atomic E-state index is 12.6. The van der Waals surface area contributed by atoms with Crippen LogP contribution in [0.4, 0.5) is 0 Å². The van der Waals surface area contributed by atoms with E-state index in [1.54, 1.807) is 49.4 Å². The van der Waals surface area contributed by atoms with Crippen molar-refractivity contribution >= 4 is 29.2 Å². The van der Waals surface area contributed by atoms with Gasteiger partial charge in [0.2, 0.25) is 0 Å². The summed E-state index contributed by atoms with van der Waals surface area (Å²) in [6.07, 6.45) is 0.904. The molecule has 162 valence electrons. The number of benzene rings is 3. The molecule has 0 aliphatic heterocycles. The third kappa shape index (κ3) is 5.69. The molecule has 3 aromatic carbocycles. The number of carbonyl (C=O) groups is 1. The molecule has 0 saturated carbocycles. The second-order valence-electron chi connectivity index (χ2n) is 7.04. The van der Waals surface area contributed by atoms with Gasteiger partial charge in [-0.25, -0.2) is 4.79 Å². The number of hydrogen-bond acceptors (Lipinski definition) is 5. The van der Waals surface area contributed by atoms with Crippen molar-refractivity contribution < 1.29 is 19.0 Å². The van der Waals surface area contributed by atoms with E-state index in [9.17, 15) is 10.1 Å². The van der Waals surface area contributed by atoms with Crippen LogP contribution in [0.25, 0.3) is 11.6 Å². The molecule has 1 atom stereocenters. The molecular formula is C26H22ClNO4. The molecule has 3 aromatic rings. The van der Waals surface area contributed by atoms with Crippen molar-refractivity contribution in [1.29, 1.82) is 5.26 Å². The maximum Gasteiger partial charge on any atom is 0.352 e. The number of aryl methyl sites for hydroxylation is 1. The van der Waals surface area contributed by atoms with E-state index in [0.717, 1.165) is 16.7 Å². The number of allylic oxidation sites excluding steroid dienone is 1. The predicted molar refractivity (Wildman–Crippen MR) is 125 cm³/mol. The Bertz CT molecular complexity index is 1180. The lowest BCUT2D eigenvalue weighted by atomic mass is 10.0. The van der Waals surface area contributed by atoms with Gasteiger partial charge in [0.25, 0.3) is 0 Å². The molecular weight excluding hydrogens is 426 g/mol. The number of ether oxygens (including phenoxy) is 3. The molecule has 0 spiro atoms. The molecule has 0 radical (unpaired) electrons. The van der Waals surface area contributed by atoms with E-state index >= 15 is 0 Å². The van der Waals surface area contributed by atoms with Gasteiger partial charge in [-0.3, -0.25) is 0 Å². The zero-order chi connectivity index (χ0) is 23.1. The van der Waals surface area contributed by atoms with E-state index in [-0.39, 0.29) is 5.75 Å². The van der Waals surface area contributed by atoms with Crippen molar-refractivity contribution in [2.75, 3.05) is 7.11 Å². The van der Waals surface area contributed by atoms with Gasteiger partial charge < -0.3 is 14.2 Å². The Morgan fingerprint density at radius 1 is 1.03 bits per heavy atom. The predicted octanol–water partition coefficient (Wildman–Crippen LogP) is 6.09. The minimum absolute atomic E-state index is 0.260. The first kappa shape index (κ1) is 22.9. The van der Waals surface area contributed by atoms with Crippen molar-refractivity contribution in [2.45, 2.75) is 20.0 Å². The Labute approximate surface area is 192 Å². The molecule has 0 saturated heterocycles. The summed E-state index contributed by atoms with van der Waals surface area (Å²) < 4.78 is 16.6. The van der Waals surface area contributed by atoms with Crippen LogP contribution in [-0.2, 0) is 4.79 Å². The van der Waals surface area contributed by atoms with Crippen LogP contribution in [0.1, 0.15) is 23.6 Å². The summed E-state index contributed by atoms with van der Waals surface area (Å²) in [4.78, 5) is 12.6. The summed E-state index contributed by atoms with van der Waals surface area (Å²) in [5, 5.41) is 10.1. The standard InChI is InChI=1S/C26H22ClNO4/c1-17-13-22(27)10-12-23(17)31-18(2)26(29)32-24-11-9-19(15-25(24)30-3)14-21(16-28)20-7-5-4-6-8-20/h4-15,18H,1-3H3. The topological polar surface area (TPSA) is 68.5 Å². The number of halogens is 1. The number of methoxy groups -OCH3 is 1. The van der Waals surface area contributed by atoms with Gasteiger partial charge in [-0.05, 0) is 66.9 Å². The van der Waals surface area contributed by atoms with Crippen molar-refractivity contribution in [3.05, 3.63) is 88.4 Å². The molecule has 6 heteroatoms. The third-order valence-electron chi connectivity index (χ3n) is 4.69. The number of nitriles is 1. The summed E-state index contributed by atoms with van der Waals surface area (Å²) in [7, 11) is 1.49. The summed E-state index contributed by atoms with van der Waals surface area (Å²) in [6, 6.07) is 21.8. The number of esters is 1. The fourth-order valence-electron chi connectivity index (χ4n) is 3.00. The normalized spacial score (nSPS) is 11.9. The van der Waals surface area contributed by atoms with Gasteiger partial charge in [0.05, 0.1) is 18.8 Å². The Kier molecular flexibility index (Phi) is 7.54. The van der Waals surface area contributed by atoms with Gasteiger partial charge in [-0.15, -0.1) is 0 Å². The molecule has 0 bridgehead atoms. The van der Waals surface area contributed by atoms with Crippen LogP contribution in [0.3, 0.4) is 0 Å². The molecule has 0 N–H and O–H groups in total. The number of hydrogen-bond donors (Lipinski definition) is 0. The van der Waals surface area contributed by atoms with E-state index in [2.05, 4.69) is 6.07 Å². The molecule has 0 aliphatic carbocycles. The lowest BCUT2D eigenvalue weighted by Gasteiger charge is -2.16. The van der Waals surface area contributed by atoms with Crippen molar-refractivity contribution in [1.82, 2.24) is 0 Å². The van der Waals surface area contributed by atoms with Crippen molar-refractivity contribution in [3.63, 3.8) is 0 Å². The van der Waals surface area contributed by atoms with Crippen LogP contribution in [0.2, 0.25) is 5.02 Å². The van der Waals surface area contributed by atoms with Gasteiger partial charge in [0.15, 0.2) is 17.6 Å². The maximum absolute atomic E-state index is 12.6. The minimum Gasteiger partial charge on any atom is -0.493 e. The average molecular weight is 448 g/mol. The molecule has 0 fully saturated rings. The van der Waals surface area contributed by atoms with Gasteiger partial charge in [0.1, 0.15) is 5.75 Å². The Morgan fingerprint density at radius 2 is 1.75 bits per heavy atom. The van der Waals surface area contributed by atoms with Crippen molar-refractivity contribution in [3.8, 4) is 23.3 Å². The van der Waals surface area contributed by atoms with Crippen molar-refractivity contribution in [2.24, 2.45) is 0 Å². The Balaban J connectivity index is 1.76. The Hall–Kier alpha value is -3.75. The molecule has 3 rings (SSSR count). The fraction of sp³-hybridized carbons (Fsp3) is 0.154. The summed E-state index contributed by atoms with van der Waals surface area (Å²) >= 11 is 5.96. The van der Waals surface area contributed by atoms with E-state index in [1.165, 1.54) is 7.11 Å². The first-order valence-corrected chi connectivity index (χ1v) is 10.3. The second-order valence-corrected chi connectivity index (χ2v) is 7.47. The van der Waals surface area contributed by atoms with Gasteiger partial charge in [0, 0.05) is 5.02 Å². The first-order valence-electron chi connectivity index (χ1n) is 9.91. The van der Waals surface area contributed by atoms with Gasteiger partial charge in [-0.2, -0.15) is 5.26 Å². The smallest absolute Gasteiger partial charge is 0.352 e. The lowest BCUT2D eigenvalue weighted by Crippen LogP contribution is -2.28. The Morgan fingerprint density at radius 3 is 2.41 bits per heavy atom. The highest BCUT2D eigenvalue weighted by Gasteiger charge is 2.20. The monoisotopic (exact) mass is 447 g/mol. The summed E-state index contributed by atoms with van der Waals surface area (Å²) in [5.74, 6) is 0.614. The molecule has 32 heavy (non-hydrogen) atoms. The van der Waals surface area contributed by atoms with Gasteiger partial charge >= 0.3 is 5.97 Å². The number of carbonyl (C=O) groups excluding carboxylic acids is 1. The van der Waals surface area contributed by atoms with E-state index in [4.69, 9.17) is 25.8 Å². The van der Waals surface area contributed by atoms with Crippen LogP contribution in [0.15, 0.2) is 66.7 Å². The van der Waals surface area contributed by atoms with Crippen LogP contribution >= 0.6 is 11.6 Å². The van der Waals surface area contributed by atoms with E-state index in [1.807, 2.05) is 37.3 Å². The number of nitrogens with zero attached hydrogens (tertiary/aromatic N) is 1. The second kappa shape index (κ2) is 10.5. The highest BCUT2D eigenvalue weighted by molar-refractivity contribution is 6.30. The highest BCUT2D eigenvalue weighted by Crippen LogP contribution is 2.31. The largest absolute Gasteiger partial charge is 0.493 e. The van der Waals surface area contributed by atoms with Crippen LogP contribution in [-0.4, -0.2) is 19.2 Å². The molecule has 0 aromatic heterocycles. The van der Waals surface area contributed by atoms with E-state index < -0.39 is 12.1 Å². The molecule has 0 amide bonds. The van der Waals surface area contributed by atoms with E-state index in [0.29, 0.717) is 22.1 Å². The first-order chi connectivity index (χ1) is 15.4. The lowest BCUT2D eigenvalue weighted by molar-refractivity contribution is -0.141. The summed E-state index contributed by atoms with van der Waals surface area (Å²) in [6.45, 7) is 3.46. The quantitative estimate of drug-likeness (QED) is 0.189. The highest BCUT2D eigenvalue weighted by atomic mass is 35.5. The molecule has 5 nitrogen and oxygen atoms in total. The van der Waals surface area contributed by atoms with Crippen LogP contribution in [0.5, 0.6) is 17.2 Å². The molecule has 1 unspecified atom stereocenters. The molecule has 0 aliphatic rings. The SMILES string of the molecule is COc1cc(C=C(C#N)c2ccccc2)ccc1OC(=O)C(C)Oc1ccc(Cl)cc1C. The third-order valence-corrected chi connectivity index (χ3v) is 4.92. The fourth-order valence-corrected chi connectivity index (χ4v) is 3.22. The zero-order valence-corrected chi connectivity index (χ0v) is 18.7. The molecule has 0 heterocycles. The average Bonchev–Trinajstić information content (AvgIpc) is 2.80. The number of rotatable bonds is 7.